The number of hydrogen-bond donors (Lipinski definition) is 3. The fourth-order valence-electron chi connectivity index (χ4n) is 9.21. The first-order chi connectivity index (χ1) is 27.8. The highest BCUT2D eigenvalue weighted by atomic mass is 16.7. The zero-order valence-corrected chi connectivity index (χ0v) is 32.3. The molecule has 1 amide bonds. The van der Waals surface area contributed by atoms with Crippen molar-refractivity contribution >= 4 is 11.6 Å². The number of carbonyl (C=O) groups is 1. The second-order valence-corrected chi connectivity index (χ2v) is 15.0. The first kappa shape index (κ1) is 39.9. The van der Waals surface area contributed by atoms with Gasteiger partial charge in [0.1, 0.15) is 24.1 Å². The van der Waals surface area contributed by atoms with Crippen molar-refractivity contribution in [1.29, 1.82) is 5.26 Å². The maximum Gasteiger partial charge on any atom is 0.254 e. The maximum absolute atomic E-state index is 15.2. The Kier molecular flexibility index (Phi) is 12.5. The van der Waals surface area contributed by atoms with Gasteiger partial charge in [-0.3, -0.25) is 4.79 Å². The molecule has 1 fully saturated rings. The average molecular weight is 778 g/mol. The van der Waals surface area contributed by atoms with Crippen LogP contribution in [0.1, 0.15) is 84.8 Å². The van der Waals surface area contributed by atoms with Gasteiger partial charge in [0.15, 0.2) is 11.5 Å². The lowest BCUT2D eigenvalue weighted by atomic mass is 9.55. The third-order valence-corrected chi connectivity index (χ3v) is 11.6. The number of carbonyl (C=O) groups excluding carboxylic acids is 1. The van der Waals surface area contributed by atoms with E-state index in [0.29, 0.717) is 53.5 Å². The molecule has 0 saturated heterocycles. The van der Waals surface area contributed by atoms with Gasteiger partial charge >= 0.3 is 0 Å². The number of allylic oxidation sites excluding steroid dienone is 1. The number of hydrogen-bond acceptors (Lipinski definition) is 11. The minimum absolute atomic E-state index is 0.0174. The maximum atomic E-state index is 15.2. The molecule has 0 spiro atoms. The van der Waals surface area contributed by atoms with Crippen molar-refractivity contribution < 1.29 is 43.9 Å². The van der Waals surface area contributed by atoms with Gasteiger partial charge in [-0.15, -0.1) is 6.58 Å². The van der Waals surface area contributed by atoms with Crippen LogP contribution in [0, 0.1) is 29.1 Å². The number of fused-ring (bicyclic) bond motifs is 3. The summed E-state index contributed by atoms with van der Waals surface area (Å²) in [6.07, 6.45) is 8.64. The first-order valence-corrected chi connectivity index (χ1v) is 19.9. The highest BCUT2D eigenvalue weighted by Gasteiger charge is 2.65. The van der Waals surface area contributed by atoms with Crippen molar-refractivity contribution in [3.8, 4) is 29.1 Å². The van der Waals surface area contributed by atoms with Gasteiger partial charge in [0.25, 0.3) is 5.91 Å². The summed E-state index contributed by atoms with van der Waals surface area (Å²) in [5.74, 6) is -0.648. The number of phenolic OH excluding ortho intramolecular Hbond substituents is 1. The number of unbranched alkanes of at least 4 members (excludes halogenated alkanes) is 2. The lowest BCUT2D eigenvalue weighted by Gasteiger charge is -2.60. The van der Waals surface area contributed by atoms with Crippen molar-refractivity contribution in [3.05, 3.63) is 107 Å². The Balaban J connectivity index is 1.46. The van der Waals surface area contributed by atoms with Crippen LogP contribution in [0.2, 0.25) is 0 Å². The number of phenols is 1. The lowest BCUT2D eigenvalue weighted by Crippen LogP contribution is -2.70. The number of aliphatic hydroxyl groups excluding tert-OH is 2. The van der Waals surface area contributed by atoms with E-state index >= 15 is 4.79 Å². The van der Waals surface area contributed by atoms with Crippen LogP contribution in [0.25, 0.3) is 0 Å². The van der Waals surface area contributed by atoms with Crippen molar-refractivity contribution in [3.63, 3.8) is 0 Å². The van der Waals surface area contributed by atoms with Crippen LogP contribution in [0.3, 0.4) is 0 Å². The topological polar surface area (TPSA) is 163 Å². The second-order valence-electron chi connectivity index (χ2n) is 15.0. The SMILES string of the molecule is C=CCO[C@@]12Oc3ccc(O)cc3[C@H]3[C@H](CCCCO)[C@@H](CCCCO)C=C(C(=NOCC)C[C@@H]1N(Cc1ccc4c(c1)OCO4)C(=O)c1ccc(C#N)cc1)[C@H]32. The molecule has 2 aliphatic heterocycles. The van der Waals surface area contributed by atoms with E-state index in [1.54, 1.807) is 53.4 Å². The van der Waals surface area contributed by atoms with E-state index in [4.69, 9.17) is 28.9 Å². The van der Waals surface area contributed by atoms with E-state index < -0.39 is 17.7 Å². The molecule has 300 valence electrons. The smallest absolute Gasteiger partial charge is 0.254 e. The Morgan fingerprint density at radius 2 is 1.77 bits per heavy atom. The second kappa shape index (κ2) is 17.8. The molecule has 2 aliphatic carbocycles. The normalized spacial score (nSPS) is 24.7. The molecule has 0 unspecified atom stereocenters. The number of amides is 1. The summed E-state index contributed by atoms with van der Waals surface area (Å²) in [4.78, 5) is 22.8. The molecular formula is C45H51N3O9. The number of ether oxygens (including phenoxy) is 4. The van der Waals surface area contributed by atoms with Crippen molar-refractivity contribution in [2.75, 3.05) is 33.2 Å². The number of aromatic hydroxyl groups is 1. The highest BCUT2D eigenvalue weighted by molar-refractivity contribution is 6.03. The summed E-state index contributed by atoms with van der Waals surface area (Å²) in [6, 6.07) is 18.7. The van der Waals surface area contributed by atoms with E-state index in [0.717, 1.165) is 42.4 Å². The Hall–Kier alpha value is -5.35. The zero-order valence-electron chi connectivity index (χ0n) is 32.3. The molecule has 3 aromatic carbocycles. The summed E-state index contributed by atoms with van der Waals surface area (Å²) in [5.41, 5.74) is 4.01. The number of aliphatic hydroxyl groups is 2. The van der Waals surface area contributed by atoms with Crippen LogP contribution in [0.5, 0.6) is 23.0 Å². The minimum atomic E-state index is -1.48. The fraction of sp³-hybridized carbons (Fsp3) is 0.444. The van der Waals surface area contributed by atoms with Crippen molar-refractivity contribution in [1.82, 2.24) is 4.90 Å². The largest absolute Gasteiger partial charge is 0.508 e. The third kappa shape index (κ3) is 7.97. The highest BCUT2D eigenvalue weighted by Crippen LogP contribution is 2.62. The zero-order chi connectivity index (χ0) is 39.9. The molecular weight excluding hydrogens is 727 g/mol. The molecule has 4 aliphatic rings. The Labute approximate surface area is 333 Å². The Morgan fingerprint density at radius 3 is 2.51 bits per heavy atom. The molecule has 6 atom stereocenters. The summed E-state index contributed by atoms with van der Waals surface area (Å²) in [5, 5.41) is 44.9. The number of nitriles is 1. The molecule has 0 radical (unpaired) electrons. The summed E-state index contributed by atoms with van der Waals surface area (Å²) in [7, 11) is 0. The van der Waals surface area contributed by atoms with Crippen LogP contribution in [-0.2, 0) is 16.1 Å². The van der Waals surface area contributed by atoms with Gasteiger partial charge in [-0.25, -0.2) is 0 Å². The van der Waals surface area contributed by atoms with Crippen LogP contribution in [0.15, 0.2) is 90.1 Å². The van der Waals surface area contributed by atoms with Gasteiger partial charge in [-0.1, -0.05) is 36.2 Å². The third-order valence-electron chi connectivity index (χ3n) is 11.6. The van der Waals surface area contributed by atoms with Gasteiger partial charge in [0.05, 0.1) is 29.9 Å². The Morgan fingerprint density at radius 1 is 1.02 bits per heavy atom. The molecule has 2 heterocycles. The standard InChI is InChI=1S/C45H51N3O9/c1-3-21-55-45-41(48(44(52)31-14-11-29(26-46)12-15-31)27-30-13-17-39-40(22-30)54-28-53-39)25-37(47-56-4-2)35-23-32(9-5-7-19-49)34(10-6-8-20-50)42(43(35)45)36-24-33(51)16-18-38(36)57-45/h3,11-18,22-24,32,34,41-43,49-51H,1,4-10,19-21,25,27-28H2,2H3/t32-,34+,41-,42+,43+,45+/m0/s1. The molecule has 7 rings (SSSR count). The number of benzene rings is 3. The lowest BCUT2D eigenvalue weighted by molar-refractivity contribution is -0.255. The van der Waals surface area contributed by atoms with Gasteiger partial charge < -0.3 is 44.0 Å². The van der Waals surface area contributed by atoms with Crippen LogP contribution < -0.4 is 14.2 Å². The van der Waals surface area contributed by atoms with Gasteiger partial charge in [0.2, 0.25) is 12.6 Å². The van der Waals surface area contributed by atoms with Crippen molar-refractivity contribution in [2.24, 2.45) is 22.9 Å². The van der Waals surface area contributed by atoms with Crippen molar-refractivity contribution in [2.45, 2.75) is 76.2 Å². The number of oxime groups is 1. The molecule has 0 aromatic heterocycles. The Bertz CT molecular complexity index is 2020. The molecule has 3 N–H and O–H groups in total. The van der Waals surface area contributed by atoms with Gasteiger partial charge in [-0.05, 0) is 110 Å². The molecule has 12 nitrogen and oxygen atoms in total. The molecule has 3 aromatic rings. The van der Waals surface area contributed by atoms with Gasteiger partial charge in [-0.2, -0.15) is 5.26 Å². The van der Waals surface area contributed by atoms with E-state index in [1.807, 2.05) is 25.1 Å². The van der Waals surface area contributed by atoms with Crippen LogP contribution >= 0.6 is 0 Å². The van der Waals surface area contributed by atoms with E-state index in [1.165, 1.54) is 0 Å². The number of nitrogens with zero attached hydrogens (tertiary/aromatic N) is 3. The fourth-order valence-corrected chi connectivity index (χ4v) is 9.21. The van der Waals surface area contributed by atoms with Gasteiger partial charge in [0, 0.05) is 43.2 Å². The average Bonchev–Trinajstić information content (AvgIpc) is 3.71. The molecule has 1 saturated carbocycles. The van der Waals surface area contributed by atoms with E-state index in [9.17, 15) is 20.6 Å². The summed E-state index contributed by atoms with van der Waals surface area (Å²) >= 11 is 0. The monoisotopic (exact) mass is 777 g/mol. The molecule has 12 heteroatoms. The first-order valence-electron chi connectivity index (χ1n) is 19.9. The minimum Gasteiger partial charge on any atom is -0.508 e. The quantitative estimate of drug-likeness (QED) is 0.0740. The summed E-state index contributed by atoms with van der Waals surface area (Å²) in [6.45, 7) is 6.72. The molecule has 57 heavy (non-hydrogen) atoms. The predicted molar refractivity (Wildman–Crippen MR) is 212 cm³/mol. The van der Waals surface area contributed by atoms with E-state index in [-0.39, 0.29) is 69.0 Å². The summed E-state index contributed by atoms with van der Waals surface area (Å²) < 4.78 is 25.6. The molecule has 0 bridgehead atoms. The van der Waals surface area contributed by atoms with Crippen LogP contribution in [-0.4, -0.2) is 76.9 Å². The van der Waals surface area contributed by atoms with E-state index in [2.05, 4.69) is 18.7 Å². The number of rotatable bonds is 17. The predicted octanol–water partition coefficient (Wildman–Crippen LogP) is 6.99. The van der Waals surface area contributed by atoms with Crippen LogP contribution in [0.4, 0.5) is 0 Å².